The van der Waals surface area contributed by atoms with Crippen molar-refractivity contribution < 1.29 is 9.59 Å². The molecule has 0 saturated carbocycles. The van der Waals surface area contributed by atoms with Gasteiger partial charge in [-0.05, 0) is 50.0 Å². The average molecular weight is 486 g/mol. The molecule has 176 valence electrons. The SMILES string of the molecule is CN(C)CC(=O)N(C)c1ccc(N/C(=C2\C(=O)Nc3cc(Cl)ccc32)c2ccccc2)cc1C#N. The molecule has 2 N–H and O–H groups in total. The van der Waals surface area contributed by atoms with Crippen LogP contribution in [0.3, 0.4) is 0 Å². The van der Waals surface area contributed by atoms with Gasteiger partial charge in [0.1, 0.15) is 6.07 Å². The molecule has 0 aromatic heterocycles. The average Bonchev–Trinajstić information content (AvgIpc) is 3.16. The molecule has 35 heavy (non-hydrogen) atoms. The Hall–Kier alpha value is -4.12. The van der Waals surface area contributed by atoms with Crippen molar-refractivity contribution in [2.24, 2.45) is 0 Å². The smallest absolute Gasteiger partial charge is 0.258 e. The number of benzene rings is 3. The molecule has 1 aliphatic rings. The van der Waals surface area contributed by atoms with Gasteiger partial charge in [-0.1, -0.05) is 48.0 Å². The highest BCUT2D eigenvalue weighted by Gasteiger charge is 2.28. The predicted octanol–water partition coefficient (Wildman–Crippen LogP) is 4.67. The molecule has 2 amide bonds. The Morgan fingerprint density at radius 3 is 2.49 bits per heavy atom. The van der Waals surface area contributed by atoms with Gasteiger partial charge >= 0.3 is 0 Å². The minimum absolute atomic E-state index is 0.128. The molecule has 4 rings (SSSR count). The van der Waals surface area contributed by atoms with Crippen LogP contribution in [0.25, 0.3) is 11.3 Å². The van der Waals surface area contributed by atoms with Gasteiger partial charge in [-0.25, -0.2) is 0 Å². The van der Waals surface area contributed by atoms with E-state index < -0.39 is 0 Å². The molecular weight excluding hydrogens is 462 g/mol. The van der Waals surface area contributed by atoms with Crippen LogP contribution in [-0.4, -0.2) is 44.4 Å². The van der Waals surface area contributed by atoms with E-state index in [1.807, 2.05) is 50.5 Å². The lowest BCUT2D eigenvalue weighted by Gasteiger charge is -2.22. The molecule has 1 aliphatic heterocycles. The third kappa shape index (κ3) is 5.04. The molecule has 3 aromatic rings. The maximum atomic E-state index is 13.0. The Labute approximate surface area is 209 Å². The third-order valence-corrected chi connectivity index (χ3v) is 5.85. The molecule has 0 bridgehead atoms. The summed E-state index contributed by atoms with van der Waals surface area (Å²) in [6, 6.07) is 22.1. The number of amides is 2. The molecule has 0 aliphatic carbocycles. The molecule has 7 nitrogen and oxygen atoms in total. The topological polar surface area (TPSA) is 88.5 Å². The van der Waals surface area contributed by atoms with Crippen molar-refractivity contribution >= 4 is 51.7 Å². The lowest BCUT2D eigenvalue weighted by atomic mass is 10.00. The molecule has 0 saturated heterocycles. The summed E-state index contributed by atoms with van der Waals surface area (Å²) in [6.45, 7) is 0.226. The van der Waals surface area contributed by atoms with Crippen LogP contribution in [0.2, 0.25) is 5.02 Å². The minimum atomic E-state index is -0.250. The number of nitrogens with zero attached hydrogens (tertiary/aromatic N) is 3. The molecule has 0 unspecified atom stereocenters. The van der Waals surface area contributed by atoms with Gasteiger partial charge in [0.25, 0.3) is 5.91 Å². The van der Waals surface area contributed by atoms with Crippen LogP contribution in [0.15, 0.2) is 66.7 Å². The summed E-state index contributed by atoms with van der Waals surface area (Å²) in [5.41, 5.74) is 4.71. The van der Waals surface area contributed by atoms with E-state index in [0.29, 0.717) is 38.9 Å². The van der Waals surface area contributed by atoms with Crippen LogP contribution < -0.4 is 15.5 Å². The lowest BCUT2D eigenvalue weighted by Crippen LogP contribution is -2.35. The number of anilines is 3. The monoisotopic (exact) mass is 485 g/mol. The highest BCUT2D eigenvalue weighted by molar-refractivity contribution is 6.38. The van der Waals surface area contributed by atoms with E-state index in [0.717, 1.165) is 11.1 Å². The molecular formula is C27H24ClN5O2. The first-order chi connectivity index (χ1) is 16.8. The molecule has 0 fully saturated rings. The van der Waals surface area contributed by atoms with Crippen molar-refractivity contribution in [3.8, 4) is 6.07 Å². The number of hydrogen-bond donors (Lipinski definition) is 2. The zero-order valence-corrected chi connectivity index (χ0v) is 20.3. The van der Waals surface area contributed by atoms with Crippen molar-refractivity contribution in [2.75, 3.05) is 43.2 Å². The Bertz CT molecular complexity index is 1380. The standard InChI is InChI=1S/C27H24ClN5O2/c1-32(2)16-24(34)33(3)23-12-10-20(13-18(23)15-29)30-26(17-7-5-4-6-8-17)25-21-11-9-19(28)14-22(21)31-27(25)35/h4-14,30H,16H2,1-3H3,(H,31,35)/b26-25-. The molecule has 1 heterocycles. The summed E-state index contributed by atoms with van der Waals surface area (Å²) in [6.07, 6.45) is 0. The summed E-state index contributed by atoms with van der Waals surface area (Å²) >= 11 is 6.12. The molecule has 0 atom stereocenters. The summed E-state index contributed by atoms with van der Waals surface area (Å²) in [4.78, 5) is 28.8. The van der Waals surface area contributed by atoms with Gasteiger partial charge in [0.2, 0.25) is 5.91 Å². The molecule has 8 heteroatoms. The summed E-state index contributed by atoms with van der Waals surface area (Å²) in [5, 5.41) is 16.6. The number of halogens is 1. The number of hydrogen-bond acceptors (Lipinski definition) is 5. The summed E-state index contributed by atoms with van der Waals surface area (Å²) in [5.74, 6) is -0.378. The van der Waals surface area contributed by atoms with Gasteiger partial charge in [-0.2, -0.15) is 5.26 Å². The fourth-order valence-electron chi connectivity index (χ4n) is 3.93. The Morgan fingerprint density at radius 1 is 1.06 bits per heavy atom. The van der Waals surface area contributed by atoms with Crippen molar-refractivity contribution in [3.63, 3.8) is 0 Å². The zero-order valence-electron chi connectivity index (χ0n) is 19.6. The maximum absolute atomic E-state index is 13.0. The first-order valence-electron chi connectivity index (χ1n) is 10.9. The van der Waals surface area contributed by atoms with E-state index in [-0.39, 0.29) is 18.4 Å². The minimum Gasteiger partial charge on any atom is -0.354 e. The van der Waals surface area contributed by atoms with Crippen molar-refractivity contribution in [3.05, 3.63) is 88.4 Å². The highest BCUT2D eigenvalue weighted by atomic mass is 35.5. The van der Waals surface area contributed by atoms with Crippen LogP contribution in [0.4, 0.5) is 17.1 Å². The van der Waals surface area contributed by atoms with Gasteiger partial charge in [0.15, 0.2) is 0 Å². The highest BCUT2D eigenvalue weighted by Crippen LogP contribution is 2.39. The largest absolute Gasteiger partial charge is 0.354 e. The molecule has 3 aromatic carbocycles. The van der Waals surface area contributed by atoms with Crippen LogP contribution in [0, 0.1) is 11.3 Å². The van der Waals surface area contributed by atoms with Crippen LogP contribution in [0.1, 0.15) is 16.7 Å². The van der Waals surface area contributed by atoms with Crippen molar-refractivity contribution in [1.82, 2.24) is 4.90 Å². The summed E-state index contributed by atoms with van der Waals surface area (Å²) in [7, 11) is 5.28. The Kier molecular flexibility index (Phi) is 6.87. The van der Waals surface area contributed by atoms with E-state index in [1.165, 1.54) is 4.90 Å². The number of rotatable bonds is 6. The first kappa shape index (κ1) is 24.0. The van der Waals surface area contributed by atoms with Gasteiger partial charge in [-0.3, -0.25) is 9.59 Å². The van der Waals surface area contributed by atoms with Crippen LogP contribution >= 0.6 is 11.6 Å². The van der Waals surface area contributed by atoms with E-state index in [2.05, 4.69) is 16.7 Å². The maximum Gasteiger partial charge on any atom is 0.258 e. The van der Waals surface area contributed by atoms with E-state index >= 15 is 0 Å². The van der Waals surface area contributed by atoms with Crippen molar-refractivity contribution in [1.29, 1.82) is 5.26 Å². The van der Waals surface area contributed by atoms with E-state index in [9.17, 15) is 14.9 Å². The number of likely N-dealkylation sites (N-methyl/N-ethyl adjacent to an activating group) is 2. The second-order valence-electron chi connectivity index (χ2n) is 8.42. The Balaban J connectivity index is 1.78. The number of carbonyl (C=O) groups is 2. The van der Waals surface area contributed by atoms with Crippen molar-refractivity contribution in [2.45, 2.75) is 0 Å². The fraction of sp³-hybridized carbons (Fsp3) is 0.148. The lowest BCUT2D eigenvalue weighted by molar-refractivity contribution is -0.119. The number of nitrogens with one attached hydrogen (secondary N) is 2. The zero-order chi connectivity index (χ0) is 25.1. The number of carbonyl (C=O) groups excluding carboxylic acids is 2. The van der Waals surface area contributed by atoms with Gasteiger partial charge in [-0.15, -0.1) is 0 Å². The fourth-order valence-corrected chi connectivity index (χ4v) is 4.10. The predicted molar refractivity (Wildman–Crippen MR) is 140 cm³/mol. The second kappa shape index (κ2) is 10.0. The quantitative estimate of drug-likeness (QED) is 0.495. The summed E-state index contributed by atoms with van der Waals surface area (Å²) < 4.78 is 0. The van der Waals surface area contributed by atoms with E-state index in [1.54, 1.807) is 42.3 Å². The molecule has 0 radical (unpaired) electrons. The van der Waals surface area contributed by atoms with E-state index in [4.69, 9.17) is 11.6 Å². The first-order valence-corrected chi connectivity index (χ1v) is 11.3. The number of nitriles is 1. The normalized spacial score (nSPS) is 13.7. The van der Waals surface area contributed by atoms with Gasteiger partial charge < -0.3 is 20.4 Å². The Morgan fingerprint density at radius 2 is 1.80 bits per heavy atom. The second-order valence-corrected chi connectivity index (χ2v) is 8.86. The van der Waals surface area contributed by atoms with Gasteiger partial charge in [0.05, 0.1) is 34.8 Å². The van der Waals surface area contributed by atoms with Gasteiger partial charge in [0, 0.05) is 23.3 Å². The van der Waals surface area contributed by atoms with Crippen LogP contribution in [-0.2, 0) is 9.59 Å². The third-order valence-electron chi connectivity index (χ3n) is 5.61. The number of fused-ring (bicyclic) bond motifs is 1. The van der Waals surface area contributed by atoms with Crippen LogP contribution in [0.5, 0.6) is 0 Å². The molecule has 0 spiro atoms.